The van der Waals surface area contributed by atoms with Gasteiger partial charge in [-0.05, 0) is 55.0 Å². The summed E-state index contributed by atoms with van der Waals surface area (Å²) in [4.78, 5) is 41.3. The van der Waals surface area contributed by atoms with Gasteiger partial charge >= 0.3 is 12.6 Å². The van der Waals surface area contributed by atoms with E-state index in [1.807, 2.05) is 0 Å². The maximum Gasteiger partial charge on any atom is 0.387 e. The van der Waals surface area contributed by atoms with Gasteiger partial charge in [0.15, 0.2) is 11.5 Å². The molecule has 2 heterocycles. The van der Waals surface area contributed by atoms with Gasteiger partial charge < -0.3 is 24.8 Å². The highest BCUT2D eigenvalue weighted by Crippen LogP contribution is 2.38. The molecule has 1 aromatic carbocycles. The van der Waals surface area contributed by atoms with Crippen molar-refractivity contribution >= 4 is 17.8 Å². The van der Waals surface area contributed by atoms with E-state index in [4.69, 9.17) is 9.84 Å². The molecule has 1 saturated heterocycles. The van der Waals surface area contributed by atoms with Crippen LogP contribution >= 0.6 is 0 Å². The second-order valence-corrected chi connectivity index (χ2v) is 9.04. The number of carbonyl (C=O) groups excluding carboxylic acids is 2. The predicted octanol–water partition coefficient (Wildman–Crippen LogP) is 3.30. The molecule has 0 spiro atoms. The molecule has 192 valence electrons. The summed E-state index contributed by atoms with van der Waals surface area (Å²) < 4.78 is 36.1. The summed E-state index contributed by atoms with van der Waals surface area (Å²) in [5.74, 6) is -1.21. The lowest BCUT2D eigenvalue weighted by atomic mass is 9.96. The van der Waals surface area contributed by atoms with Crippen LogP contribution in [0.4, 0.5) is 8.78 Å². The summed E-state index contributed by atoms with van der Waals surface area (Å²) in [6, 6.07) is 7.18. The zero-order valence-corrected chi connectivity index (χ0v) is 19.7. The zero-order chi connectivity index (χ0) is 25.8. The van der Waals surface area contributed by atoms with E-state index in [1.54, 1.807) is 17.0 Å². The number of carboxylic acid groups (broad SMARTS) is 1. The van der Waals surface area contributed by atoms with Crippen LogP contribution in [0.5, 0.6) is 11.5 Å². The number of nitrogens with zero attached hydrogens (tertiary/aromatic N) is 2. The van der Waals surface area contributed by atoms with Crippen molar-refractivity contribution in [1.82, 2.24) is 15.2 Å². The Balaban J connectivity index is 1.43. The van der Waals surface area contributed by atoms with E-state index < -0.39 is 18.5 Å². The molecule has 2 amide bonds. The number of aromatic carboxylic acids is 1. The highest BCUT2D eigenvalue weighted by atomic mass is 19.3. The smallest absolute Gasteiger partial charge is 0.387 e. The first kappa shape index (κ1) is 25.3. The van der Waals surface area contributed by atoms with E-state index in [-0.39, 0.29) is 47.2 Å². The summed E-state index contributed by atoms with van der Waals surface area (Å²) in [7, 11) is 0. The molecule has 2 aliphatic rings. The highest BCUT2D eigenvalue weighted by molar-refractivity contribution is 5.93. The Bertz CT molecular complexity index is 1120. The summed E-state index contributed by atoms with van der Waals surface area (Å²) in [6.45, 7) is -0.508. The number of alkyl halides is 2. The Hall–Kier alpha value is -3.76. The van der Waals surface area contributed by atoms with Crippen LogP contribution in [0.15, 0.2) is 36.5 Å². The van der Waals surface area contributed by atoms with Crippen LogP contribution in [-0.2, 0) is 4.79 Å². The SMILES string of the molecule is CC(=O)N1C[C@H](c2ccc(OC(F)F)c(OCC3CC3)c2)C[C@@H]1CNC(=O)c1ccc(C(=O)O)cn1. The summed E-state index contributed by atoms with van der Waals surface area (Å²) in [6.07, 6.45) is 3.75. The maximum absolute atomic E-state index is 12.8. The molecule has 4 rings (SSSR count). The molecule has 36 heavy (non-hydrogen) atoms. The molecular formula is C25H27F2N3O6. The summed E-state index contributed by atoms with van der Waals surface area (Å²) >= 11 is 0. The number of aromatic nitrogens is 1. The number of hydrogen-bond acceptors (Lipinski definition) is 6. The first-order valence-electron chi connectivity index (χ1n) is 11.7. The minimum atomic E-state index is -2.97. The van der Waals surface area contributed by atoms with Gasteiger partial charge in [-0.3, -0.25) is 14.6 Å². The molecule has 2 atom stereocenters. The van der Waals surface area contributed by atoms with Crippen LogP contribution in [0.3, 0.4) is 0 Å². The first-order chi connectivity index (χ1) is 17.2. The highest BCUT2D eigenvalue weighted by Gasteiger charge is 2.35. The molecule has 1 saturated carbocycles. The number of carboxylic acids is 1. The van der Waals surface area contributed by atoms with E-state index >= 15 is 0 Å². The van der Waals surface area contributed by atoms with Gasteiger partial charge in [-0.1, -0.05) is 6.07 Å². The normalized spacial score (nSPS) is 19.3. The van der Waals surface area contributed by atoms with Crippen molar-refractivity contribution in [3.8, 4) is 11.5 Å². The lowest BCUT2D eigenvalue weighted by Crippen LogP contribution is -2.42. The molecule has 0 radical (unpaired) electrons. The number of nitrogens with one attached hydrogen (secondary N) is 1. The first-order valence-corrected chi connectivity index (χ1v) is 11.7. The number of likely N-dealkylation sites (tertiary alicyclic amines) is 1. The minimum Gasteiger partial charge on any atom is -0.489 e. The summed E-state index contributed by atoms with van der Waals surface area (Å²) in [5, 5.41) is 11.7. The Morgan fingerprint density at radius 2 is 1.97 bits per heavy atom. The van der Waals surface area contributed by atoms with Gasteiger partial charge in [-0.25, -0.2) is 4.79 Å². The Labute approximate surface area is 206 Å². The Morgan fingerprint density at radius 3 is 2.58 bits per heavy atom. The van der Waals surface area contributed by atoms with Gasteiger partial charge in [0.1, 0.15) is 5.69 Å². The van der Waals surface area contributed by atoms with Crippen molar-refractivity contribution in [3.05, 3.63) is 53.3 Å². The average Bonchev–Trinajstić information content (AvgIpc) is 3.58. The van der Waals surface area contributed by atoms with Crippen LogP contribution in [-0.4, -0.2) is 65.1 Å². The number of carbonyl (C=O) groups is 3. The minimum absolute atomic E-state index is 0.0268. The number of halogens is 2. The molecule has 2 aromatic rings. The van der Waals surface area contributed by atoms with Crippen LogP contribution < -0.4 is 14.8 Å². The summed E-state index contributed by atoms with van der Waals surface area (Å²) in [5.41, 5.74) is 0.864. The van der Waals surface area contributed by atoms with Gasteiger partial charge in [0.25, 0.3) is 5.91 Å². The quantitative estimate of drug-likeness (QED) is 0.511. The topological polar surface area (TPSA) is 118 Å². The largest absolute Gasteiger partial charge is 0.489 e. The average molecular weight is 504 g/mol. The molecule has 1 aliphatic carbocycles. The molecular weight excluding hydrogens is 476 g/mol. The molecule has 2 N–H and O–H groups in total. The van der Waals surface area contributed by atoms with Crippen molar-refractivity contribution in [2.75, 3.05) is 19.7 Å². The second-order valence-electron chi connectivity index (χ2n) is 9.04. The van der Waals surface area contributed by atoms with Gasteiger partial charge in [0.2, 0.25) is 5.91 Å². The molecule has 2 fully saturated rings. The predicted molar refractivity (Wildman–Crippen MR) is 123 cm³/mol. The van der Waals surface area contributed by atoms with Crippen LogP contribution in [0.25, 0.3) is 0 Å². The van der Waals surface area contributed by atoms with E-state index in [1.165, 1.54) is 25.1 Å². The number of hydrogen-bond donors (Lipinski definition) is 2. The van der Waals surface area contributed by atoms with Gasteiger partial charge in [-0.15, -0.1) is 0 Å². The van der Waals surface area contributed by atoms with Crippen molar-refractivity contribution in [1.29, 1.82) is 0 Å². The third-order valence-electron chi connectivity index (χ3n) is 6.39. The van der Waals surface area contributed by atoms with Crippen molar-refractivity contribution in [2.45, 2.75) is 44.8 Å². The Morgan fingerprint density at radius 1 is 1.19 bits per heavy atom. The molecule has 9 nitrogen and oxygen atoms in total. The fourth-order valence-electron chi connectivity index (χ4n) is 4.27. The molecule has 0 bridgehead atoms. The van der Waals surface area contributed by atoms with Crippen LogP contribution in [0.2, 0.25) is 0 Å². The number of benzene rings is 1. The van der Waals surface area contributed by atoms with Crippen LogP contribution in [0.1, 0.15) is 58.5 Å². The number of pyridine rings is 1. The molecule has 11 heteroatoms. The lowest BCUT2D eigenvalue weighted by molar-refractivity contribution is -0.129. The molecule has 1 aromatic heterocycles. The fraction of sp³-hybridized carbons (Fsp3) is 0.440. The molecule has 1 aliphatic heterocycles. The second kappa shape index (κ2) is 10.9. The van der Waals surface area contributed by atoms with Gasteiger partial charge in [-0.2, -0.15) is 8.78 Å². The third kappa shape index (κ3) is 6.27. The number of ether oxygens (including phenoxy) is 2. The van der Waals surface area contributed by atoms with E-state index in [9.17, 15) is 23.2 Å². The fourth-order valence-corrected chi connectivity index (χ4v) is 4.27. The maximum atomic E-state index is 12.8. The van der Waals surface area contributed by atoms with E-state index in [0.29, 0.717) is 25.5 Å². The van der Waals surface area contributed by atoms with Gasteiger partial charge in [0, 0.05) is 38.2 Å². The molecule has 0 unspecified atom stereocenters. The van der Waals surface area contributed by atoms with E-state index in [2.05, 4.69) is 15.0 Å². The third-order valence-corrected chi connectivity index (χ3v) is 6.39. The zero-order valence-electron chi connectivity index (χ0n) is 19.7. The van der Waals surface area contributed by atoms with Gasteiger partial charge in [0.05, 0.1) is 12.2 Å². The number of rotatable bonds is 10. The Kier molecular flexibility index (Phi) is 7.66. The van der Waals surface area contributed by atoms with Crippen molar-refractivity contribution in [3.63, 3.8) is 0 Å². The van der Waals surface area contributed by atoms with E-state index in [0.717, 1.165) is 24.6 Å². The van der Waals surface area contributed by atoms with Crippen LogP contribution in [0, 0.1) is 5.92 Å². The lowest BCUT2D eigenvalue weighted by Gasteiger charge is -2.23. The number of amides is 2. The monoisotopic (exact) mass is 503 g/mol. The van der Waals surface area contributed by atoms with Crippen molar-refractivity contribution < 1.29 is 37.7 Å². The standard InChI is InChI=1S/C25H27F2N3O6/c1-14(31)30-12-18(8-19(30)11-29-23(32)20-6-4-17(10-28-20)24(33)34)16-5-7-21(36-25(26)27)22(9-16)35-13-15-2-3-15/h4-7,9-10,15,18-19,25H,2-3,8,11-13H2,1H3,(H,29,32)(H,33,34)/t18-,19-/m1/s1. The van der Waals surface area contributed by atoms with Crippen molar-refractivity contribution in [2.24, 2.45) is 5.92 Å².